The van der Waals surface area contributed by atoms with Crippen LogP contribution in [0.1, 0.15) is 30.0 Å². The van der Waals surface area contributed by atoms with E-state index in [0.717, 1.165) is 30.9 Å². The molecule has 17 heavy (non-hydrogen) atoms. The summed E-state index contributed by atoms with van der Waals surface area (Å²) in [5, 5.41) is 3.49. The summed E-state index contributed by atoms with van der Waals surface area (Å²) in [5.41, 5.74) is 3.54. The van der Waals surface area contributed by atoms with Gasteiger partial charge in [0.15, 0.2) is 0 Å². The number of rotatable bonds is 2. The van der Waals surface area contributed by atoms with Crippen LogP contribution >= 0.6 is 0 Å². The molecule has 0 aromatic carbocycles. The normalized spacial score (nSPS) is 19.0. The molecule has 2 aromatic heterocycles. The van der Waals surface area contributed by atoms with E-state index >= 15 is 0 Å². The molecule has 3 heterocycles. The number of imidazole rings is 1. The smallest absolute Gasteiger partial charge is 0.0952 e. The van der Waals surface area contributed by atoms with Gasteiger partial charge in [0.2, 0.25) is 0 Å². The molecule has 0 saturated heterocycles. The van der Waals surface area contributed by atoms with E-state index in [9.17, 15) is 0 Å². The van der Waals surface area contributed by atoms with Crippen molar-refractivity contribution in [1.29, 1.82) is 0 Å². The van der Waals surface area contributed by atoms with Crippen molar-refractivity contribution in [3.8, 4) is 0 Å². The molecule has 4 nitrogen and oxygen atoms in total. The molecule has 1 unspecified atom stereocenters. The lowest BCUT2D eigenvalue weighted by molar-refractivity contribution is 0.529. The molecule has 2 aromatic rings. The second-order valence-electron chi connectivity index (χ2n) is 4.25. The first-order chi connectivity index (χ1) is 8.40. The van der Waals surface area contributed by atoms with Crippen LogP contribution in [0.5, 0.6) is 0 Å². The standard InChI is InChI=1S/C13H16N4/c1-2-17-9-16-13-11(17)6-8-15-12(13)10-5-3-4-7-14-10/h3-5,7,9,12,15H,2,6,8H2,1H3. The van der Waals surface area contributed by atoms with Crippen molar-refractivity contribution in [2.24, 2.45) is 0 Å². The van der Waals surface area contributed by atoms with Crippen LogP contribution in [0.25, 0.3) is 0 Å². The van der Waals surface area contributed by atoms with Gasteiger partial charge in [0.25, 0.3) is 0 Å². The average molecular weight is 228 g/mol. The molecule has 0 spiro atoms. The molecule has 4 heteroatoms. The highest BCUT2D eigenvalue weighted by atomic mass is 15.1. The first-order valence-electron chi connectivity index (χ1n) is 6.08. The number of fused-ring (bicyclic) bond motifs is 1. The molecule has 0 saturated carbocycles. The van der Waals surface area contributed by atoms with E-state index in [1.54, 1.807) is 0 Å². The summed E-state index contributed by atoms with van der Waals surface area (Å²) in [6.45, 7) is 4.12. The lowest BCUT2D eigenvalue weighted by Gasteiger charge is -2.23. The van der Waals surface area contributed by atoms with Crippen LogP contribution < -0.4 is 5.32 Å². The lowest BCUT2D eigenvalue weighted by Crippen LogP contribution is -2.32. The van der Waals surface area contributed by atoms with Crippen molar-refractivity contribution in [3.63, 3.8) is 0 Å². The number of nitrogens with zero attached hydrogens (tertiary/aromatic N) is 3. The highest BCUT2D eigenvalue weighted by Gasteiger charge is 2.25. The highest BCUT2D eigenvalue weighted by Crippen LogP contribution is 2.26. The minimum Gasteiger partial charge on any atom is -0.334 e. The van der Waals surface area contributed by atoms with E-state index in [1.165, 1.54) is 5.69 Å². The van der Waals surface area contributed by atoms with Crippen molar-refractivity contribution < 1.29 is 0 Å². The maximum absolute atomic E-state index is 4.55. The van der Waals surface area contributed by atoms with Crippen molar-refractivity contribution in [2.75, 3.05) is 6.54 Å². The molecular formula is C13H16N4. The predicted molar refractivity (Wildman–Crippen MR) is 65.7 cm³/mol. The molecule has 1 atom stereocenters. The van der Waals surface area contributed by atoms with Crippen LogP contribution in [0.3, 0.4) is 0 Å². The summed E-state index contributed by atoms with van der Waals surface area (Å²) in [4.78, 5) is 8.97. The number of hydrogen-bond donors (Lipinski definition) is 1. The van der Waals surface area contributed by atoms with Gasteiger partial charge in [0.1, 0.15) is 0 Å². The van der Waals surface area contributed by atoms with E-state index in [-0.39, 0.29) is 6.04 Å². The van der Waals surface area contributed by atoms with Crippen LogP contribution in [-0.2, 0) is 13.0 Å². The number of aryl methyl sites for hydroxylation is 1. The molecule has 0 radical (unpaired) electrons. The summed E-state index contributed by atoms with van der Waals surface area (Å²) in [5.74, 6) is 0. The number of nitrogens with one attached hydrogen (secondary N) is 1. The Kier molecular flexibility index (Phi) is 2.65. The summed E-state index contributed by atoms with van der Waals surface area (Å²) in [7, 11) is 0. The Morgan fingerprint density at radius 2 is 2.35 bits per heavy atom. The quantitative estimate of drug-likeness (QED) is 0.847. The van der Waals surface area contributed by atoms with Gasteiger partial charge >= 0.3 is 0 Å². The van der Waals surface area contributed by atoms with E-state index in [2.05, 4.69) is 32.8 Å². The van der Waals surface area contributed by atoms with E-state index < -0.39 is 0 Å². The zero-order valence-corrected chi connectivity index (χ0v) is 9.93. The molecule has 0 aliphatic carbocycles. The molecule has 1 N–H and O–H groups in total. The summed E-state index contributed by atoms with van der Waals surface area (Å²) < 4.78 is 2.23. The van der Waals surface area contributed by atoms with Gasteiger partial charge in [-0.3, -0.25) is 4.98 Å². The third-order valence-corrected chi connectivity index (χ3v) is 3.29. The average Bonchev–Trinajstić information content (AvgIpc) is 2.82. The molecule has 88 valence electrons. The Morgan fingerprint density at radius 1 is 1.41 bits per heavy atom. The molecule has 0 amide bonds. The number of pyridine rings is 1. The minimum atomic E-state index is 0.146. The highest BCUT2D eigenvalue weighted by molar-refractivity contribution is 5.29. The third-order valence-electron chi connectivity index (χ3n) is 3.29. The fraction of sp³-hybridized carbons (Fsp3) is 0.385. The fourth-order valence-electron chi connectivity index (χ4n) is 2.43. The topological polar surface area (TPSA) is 42.7 Å². The van der Waals surface area contributed by atoms with Gasteiger partial charge in [-0.15, -0.1) is 0 Å². The maximum atomic E-state index is 4.55. The molecule has 3 rings (SSSR count). The van der Waals surface area contributed by atoms with Crippen molar-refractivity contribution in [3.05, 3.63) is 47.8 Å². The fourth-order valence-corrected chi connectivity index (χ4v) is 2.43. The van der Waals surface area contributed by atoms with Crippen LogP contribution in [-0.4, -0.2) is 21.1 Å². The van der Waals surface area contributed by atoms with Gasteiger partial charge in [0, 0.05) is 31.4 Å². The maximum Gasteiger partial charge on any atom is 0.0952 e. The van der Waals surface area contributed by atoms with Gasteiger partial charge in [0.05, 0.1) is 23.8 Å². The van der Waals surface area contributed by atoms with Crippen LogP contribution in [0, 0.1) is 0 Å². The second kappa shape index (κ2) is 4.30. The van der Waals surface area contributed by atoms with Crippen molar-refractivity contribution in [1.82, 2.24) is 19.9 Å². The number of aromatic nitrogens is 3. The van der Waals surface area contributed by atoms with E-state index in [1.807, 2.05) is 24.7 Å². The molecule has 0 fully saturated rings. The first kappa shape index (κ1) is 10.5. The largest absolute Gasteiger partial charge is 0.334 e. The van der Waals surface area contributed by atoms with E-state index in [4.69, 9.17) is 0 Å². The van der Waals surface area contributed by atoms with Gasteiger partial charge in [-0.2, -0.15) is 0 Å². The zero-order chi connectivity index (χ0) is 11.7. The molecular weight excluding hydrogens is 212 g/mol. The van der Waals surface area contributed by atoms with Crippen molar-refractivity contribution >= 4 is 0 Å². The third kappa shape index (κ3) is 1.74. The Bertz CT molecular complexity index is 503. The second-order valence-corrected chi connectivity index (χ2v) is 4.25. The lowest BCUT2D eigenvalue weighted by atomic mass is 10.0. The Morgan fingerprint density at radius 3 is 3.12 bits per heavy atom. The van der Waals surface area contributed by atoms with E-state index in [0.29, 0.717) is 0 Å². The Labute approximate surface area is 101 Å². The van der Waals surface area contributed by atoms with Gasteiger partial charge in [-0.05, 0) is 19.1 Å². The van der Waals surface area contributed by atoms with Gasteiger partial charge in [-0.25, -0.2) is 4.98 Å². The summed E-state index contributed by atoms with van der Waals surface area (Å²) in [6, 6.07) is 6.16. The number of hydrogen-bond acceptors (Lipinski definition) is 3. The first-order valence-corrected chi connectivity index (χ1v) is 6.08. The van der Waals surface area contributed by atoms with Crippen LogP contribution in [0.4, 0.5) is 0 Å². The molecule has 0 bridgehead atoms. The predicted octanol–water partition coefficient (Wildman–Crippen LogP) is 1.53. The van der Waals surface area contributed by atoms with Crippen LogP contribution in [0.15, 0.2) is 30.7 Å². The monoisotopic (exact) mass is 228 g/mol. The van der Waals surface area contributed by atoms with Crippen molar-refractivity contribution in [2.45, 2.75) is 25.9 Å². The Hall–Kier alpha value is -1.68. The van der Waals surface area contributed by atoms with Crippen LogP contribution in [0.2, 0.25) is 0 Å². The van der Waals surface area contributed by atoms with Gasteiger partial charge in [-0.1, -0.05) is 6.07 Å². The summed E-state index contributed by atoms with van der Waals surface area (Å²) >= 11 is 0. The molecule has 1 aliphatic rings. The van der Waals surface area contributed by atoms with Gasteiger partial charge < -0.3 is 9.88 Å². The SMILES string of the molecule is CCn1cnc2c1CCNC2c1ccccn1. The minimum absolute atomic E-state index is 0.146. The zero-order valence-electron chi connectivity index (χ0n) is 9.93. The summed E-state index contributed by atoms with van der Waals surface area (Å²) in [6.07, 6.45) is 4.82. The molecule has 1 aliphatic heterocycles. The Balaban J connectivity index is 2.03.